The van der Waals surface area contributed by atoms with E-state index in [-0.39, 0.29) is 5.38 Å². The molecule has 1 unspecified atom stereocenters. The summed E-state index contributed by atoms with van der Waals surface area (Å²) in [6, 6.07) is 10.6. The molecule has 1 aromatic carbocycles. The lowest BCUT2D eigenvalue weighted by atomic mass is 10.0. The summed E-state index contributed by atoms with van der Waals surface area (Å²) >= 11 is 8.32. The van der Waals surface area contributed by atoms with Gasteiger partial charge in [-0.1, -0.05) is 29.8 Å². The fourth-order valence-electron chi connectivity index (χ4n) is 1.82. The van der Waals surface area contributed by atoms with Crippen molar-refractivity contribution in [3.63, 3.8) is 0 Å². The lowest BCUT2D eigenvalue weighted by molar-refractivity contribution is 1.13. The van der Waals surface area contributed by atoms with E-state index < -0.39 is 0 Å². The highest BCUT2D eigenvalue weighted by Crippen LogP contribution is 2.35. The van der Waals surface area contributed by atoms with Crippen LogP contribution in [0, 0.1) is 20.8 Å². The van der Waals surface area contributed by atoms with Crippen LogP contribution in [-0.2, 0) is 0 Å². The Bertz CT molecular complexity index is 482. The summed E-state index contributed by atoms with van der Waals surface area (Å²) in [7, 11) is 0. The number of benzene rings is 1. The van der Waals surface area contributed by atoms with Crippen LogP contribution in [-0.4, -0.2) is 0 Å². The van der Waals surface area contributed by atoms with Gasteiger partial charge < -0.3 is 0 Å². The number of hydrogen-bond donors (Lipinski definition) is 0. The normalized spacial score (nSPS) is 12.8. The van der Waals surface area contributed by atoms with Gasteiger partial charge in [0.15, 0.2) is 0 Å². The van der Waals surface area contributed by atoms with Gasteiger partial charge in [-0.2, -0.15) is 0 Å². The van der Waals surface area contributed by atoms with Crippen molar-refractivity contribution in [1.82, 2.24) is 0 Å². The van der Waals surface area contributed by atoms with E-state index in [0.717, 1.165) is 0 Å². The van der Waals surface area contributed by atoms with E-state index in [1.165, 1.54) is 26.4 Å². The number of alkyl halides is 1. The largest absolute Gasteiger partial charge is 0.146 e. The molecule has 0 aliphatic heterocycles. The summed E-state index contributed by atoms with van der Waals surface area (Å²) in [5.74, 6) is 0. The van der Waals surface area contributed by atoms with Crippen LogP contribution in [0.1, 0.15) is 31.8 Å². The smallest absolute Gasteiger partial charge is 0.0846 e. The van der Waals surface area contributed by atoms with Crippen molar-refractivity contribution in [3.05, 3.63) is 56.8 Å². The molecule has 84 valence electrons. The Morgan fingerprint density at radius 3 is 2.19 bits per heavy atom. The molecule has 2 heteroatoms. The summed E-state index contributed by atoms with van der Waals surface area (Å²) < 4.78 is 0. The first kappa shape index (κ1) is 11.7. The number of rotatable bonds is 2. The number of hydrogen-bond acceptors (Lipinski definition) is 1. The molecule has 0 fully saturated rings. The van der Waals surface area contributed by atoms with Gasteiger partial charge in [-0.3, -0.25) is 0 Å². The number of thiophene rings is 1. The first-order valence-corrected chi connectivity index (χ1v) is 6.61. The number of halogens is 1. The van der Waals surface area contributed by atoms with Crippen molar-refractivity contribution in [1.29, 1.82) is 0 Å². The van der Waals surface area contributed by atoms with Crippen molar-refractivity contribution in [2.75, 3.05) is 0 Å². The summed E-state index contributed by atoms with van der Waals surface area (Å²) in [6.07, 6.45) is 0. The molecule has 0 amide bonds. The minimum atomic E-state index is -0.0226. The molecule has 0 nitrogen and oxygen atoms in total. The molecular weight excluding hydrogens is 236 g/mol. The van der Waals surface area contributed by atoms with Gasteiger partial charge in [0.1, 0.15) is 0 Å². The van der Waals surface area contributed by atoms with Gasteiger partial charge in [-0.25, -0.2) is 0 Å². The molecule has 0 aliphatic carbocycles. The zero-order valence-electron chi connectivity index (χ0n) is 9.75. The molecule has 2 rings (SSSR count). The van der Waals surface area contributed by atoms with E-state index in [4.69, 9.17) is 11.6 Å². The van der Waals surface area contributed by atoms with Gasteiger partial charge in [0.25, 0.3) is 0 Å². The molecular formula is C14H15ClS. The molecule has 0 spiro atoms. The fraction of sp³-hybridized carbons (Fsp3) is 0.286. The van der Waals surface area contributed by atoms with Crippen molar-refractivity contribution in [2.24, 2.45) is 0 Å². The van der Waals surface area contributed by atoms with Crippen molar-refractivity contribution in [3.8, 4) is 0 Å². The van der Waals surface area contributed by atoms with Crippen molar-refractivity contribution >= 4 is 22.9 Å². The third-order valence-electron chi connectivity index (χ3n) is 2.72. The van der Waals surface area contributed by atoms with Gasteiger partial charge in [-0.05, 0) is 38.0 Å². The van der Waals surface area contributed by atoms with Crippen LogP contribution < -0.4 is 0 Å². The summed E-state index contributed by atoms with van der Waals surface area (Å²) in [5, 5.41) is -0.0226. The molecule has 2 aromatic rings. The van der Waals surface area contributed by atoms with Crippen molar-refractivity contribution < 1.29 is 0 Å². The third kappa shape index (κ3) is 2.31. The van der Waals surface area contributed by atoms with Crippen LogP contribution in [0.4, 0.5) is 0 Å². The summed E-state index contributed by atoms with van der Waals surface area (Å²) in [5.41, 5.74) is 3.69. The zero-order chi connectivity index (χ0) is 11.7. The average molecular weight is 251 g/mol. The van der Waals surface area contributed by atoms with Crippen LogP contribution in [0.2, 0.25) is 0 Å². The SMILES string of the molecule is Cc1ccc(C(Cl)c2cc(C)sc2C)cc1. The van der Waals surface area contributed by atoms with Crippen LogP contribution in [0.25, 0.3) is 0 Å². The molecule has 0 aliphatic rings. The summed E-state index contributed by atoms with van der Waals surface area (Å²) in [4.78, 5) is 2.64. The molecule has 16 heavy (non-hydrogen) atoms. The Hall–Kier alpha value is -0.790. The maximum Gasteiger partial charge on any atom is 0.0846 e. The Morgan fingerprint density at radius 2 is 1.69 bits per heavy atom. The third-order valence-corrected chi connectivity index (χ3v) is 4.19. The van der Waals surface area contributed by atoms with E-state index in [0.29, 0.717) is 0 Å². The predicted octanol–water partition coefficient (Wildman–Crippen LogP) is 5.00. The zero-order valence-corrected chi connectivity index (χ0v) is 11.3. The van der Waals surface area contributed by atoms with E-state index in [1.807, 2.05) is 11.3 Å². The molecule has 0 bridgehead atoms. The van der Waals surface area contributed by atoms with Gasteiger partial charge in [0.2, 0.25) is 0 Å². The van der Waals surface area contributed by atoms with E-state index in [1.54, 1.807) is 0 Å². The topological polar surface area (TPSA) is 0 Å². The van der Waals surface area contributed by atoms with Gasteiger partial charge >= 0.3 is 0 Å². The lowest BCUT2D eigenvalue weighted by Crippen LogP contribution is -1.93. The average Bonchev–Trinajstić information content (AvgIpc) is 2.58. The molecule has 1 aromatic heterocycles. The maximum atomic E-state index is 6.51. The second-order valence-electron chi connectivity index (χ2n) is 4.14. The van der Waals surface area contributed by atoms with Crippen LogP contribution in [0.15, 0.2) is 30.3 Å². The fourth-order valence-corrected chi connectivity index (χ4v) is 3.22. The Morgan fingerprint density at radius 1 is 1.06 bits per heavy atom. The van der Waals surface area contributed by atoms with E-state index in [2.05, 4.69) is 51.1 Å². The van der Waals surface area contributed by atoms with Crippen LogP contribution >= 0.6 is 22.9 Å². The molecule has 0 saturated carbocycles. The minimum absolute atomic E-state index is 0.0226. The standard InChI is InChI=1S/C14H15ClS/c1-9-4-6-12(7-5-9)14(15)13-8-10(2)16-11(13)3/h4-8,14H,1-3H3. The quantitative estimate of drug-likeness (QED) is 0.658. The van der Waals surface area contributed by atoms with Crippen molar-refractivity contribution in [2.45, 2.75) is 26.1 Å². The summed E-state index contributed by atoms with van der Waals surface area (Å²) in [6.45, 7) is 6.35. The van der Waals surface area contributed by atoms with Crippen LogP contribution in [0.3, 0.4) is 0 Å². The predicted molar refractivity (Wildman–Crippen MR) is 72.7 cm³/mol. The van der Waals surface area contributed by atoms with E-state index >= 15 is 0 Å². The second kappa shape index (κ2) is 4.60. The van der Waals surface area contributed by atoms with Gasteiger partial charge in [0.05, 0.1) is 5.38 Å². The van der Waals surface area contributed by atoms with Crippen LogP contribution in [0.5, 0.6) is 0 Å². The molecule has 0 saturated heterocycles. The molecule has 0 N–H and O–H groups in total. The molecule has 0 radical (unpaired) electrons. The van der Waals surface area contributed by atoms with E-state index in [9.17, 15) is 0 Å². The Kier molecular flexibility index (Phi) is 3.36. The molecule has 1 heterocycles. The highest BCUT2D eigenvalue weighted by molar-refractivity contribution is 7.12. The Balaban J connectivity index is 2.35. The number of aryl methyl sites for hydroxylation is 3. The lowest BCUT2D eigenvalue weighted by Gasteiger charge is -2.09. The maximum absolute atomic E-state index is 6.51. The molecule has 1 atom stereocenters. The van der Waals surface area contributed by atoms with Gasteiger partial charge in [-0.15, -0.1) is 22.9 Å². The Labute approximate surface area is 106 Å². The minimum Gasteiger partial charge on any atom is -0.146 e. The first-order chi connectivity index (χ1) is 7.58. The highest BCUT2D eigenvalue weighted by atomic mass is 35.5. The second-order valence-corrected chi connectivity index (χ2v) is 6.04. The monoisotopic (exact) mass is 250 g/mol. The van der Waals surface area contributed by atoms with Gasteiger partial charge in [0, 0.05) is 9.75 Å². The highest BCUT2D eigenvalue weighted by Gasteiger charge is 2.14. The first-order valence-electron chi connectivity index (χ1n) is 5.35.